The zero-order valence-electron chi connectivity index (χ0n) is 14.9. The number of nitrogens with zero attached hydrogens (tertiary/aromatic N) is 2. The highest BCUT2D eigenvalue weighted by Gasteiger charge is 2.15. The predicted octanol–water partition coefficient (Wildman–Crippen LogP) is 2.24. The van der Waals surface area contributed by atoms with E-state index in [1.54, 1.807) is 30.1 Å². The molecule has 0 fully saturated rings. The number of aryl methyl sites for hydroxylation is 1. The molecule has 0 unspecified atom stereocenters. The van der Waals surface area contributed by atoms with Crippen LogP contribution in [0.25, 0.3) is 10.9 Å². The number of H-pyrrole nitrogens is 1. The van der Waals surface area contributed by atoms with Gasteiger partial charge in [-0.15, -0.1) is 0 Å². The summed E-state index contributed by atoms with van der Waals surface area (Å²) < 4.78 is 10.6. The zero-order chi connectivity index (χ0) is 18.8. The first-order chi connectivity index (χ1) is 13.1. The number of amides is 1. The third kappa shape index (κ3) is 3.62. The van der Waals surface area contributed by atoms with Gasteiger partial charge in [-0.05, 0) is 36.2 Å². The van der Waals surface area contributed by atoms with Crippen molar-refractivity contribution in [2.75, 3.05) is 13.8 Å². The van der Waals surface area contributed by atoms with Crippen molar-refractivity contribution in [2.45, 2.75) is 19.4 Å². The molecule has 1 N–H and O–H groups in total. The van der Waals surface area contributed by atoms with Crippen LogP contribution in [0.5, 0.6) is 11.5 Å². The number of aromatic amines is 1. The fourth-order valence-electron chi connectivity index (χ4n) is 3.06. The first-order valence-corrected chi connectivity index (χ1v) is 8.70. The number of nitrogens with one attached hydrogen (secondary N) is 1. The molecule has 7 nitrogen and oxygen atoms in total. The number of hydrogen-bond acceptors (Lipinski definition) is 5. The summed E-state index contributed by atoms with van der Waals surface area (Å²) in [6.07, 6.45) is 0.954. The Balaban J connectivity index is 1.40. The molecular weight excluding hydrogens is 346 g/mol. The minimum Gasteiger partial charge on any atom is -0.454 e. The van der Waals surface area contributed by atoms with E-state index in [0.717, 1.165) is 11.3 Å². The maximum absolute atomic E-state index is 12.5. The molecule has 0 radical (unpaired) electrons. The molecule has 0 atom stereocenters. The topological polar surface area (TPSA) is 84.5 Å². The summed E-state index contributed by atoms with van der Waals surface area (Å²) in [5.74, 6) is 1.89. The fourth-order valence-corrected chi connectivity index (χ4v) is 3.06. The summed E-state index contributed by atoms with van der Waals surface area (Å²) in [7, 11) is 1.71. The summed E-state index contributed by atoms with van der Waals surface area (Å²) in [5, 5.41) is 0.540. The first-order valence-electron chi connectivity index (χ1n) is 8.70. The van der Waals surface area contributed by atoms with Gasteiger partial charge in [0.25, 0.3) is 5.56 Å². The van der Waals surface area contributed by atoms with Gasteiger partial charge in [-0.3, -0.25) is 9.59 Å². The van der Waals surface area contributed by atoms with E-state index in [9.17, 15) is 9.59 Å². The number of fused-ring (bicyclic) bond motifs is 2. The normalized spacial score (nSPS) is 12.3. The average molecular weight is 365 g/mol. The molecule has 138 valence electrons. The molecule has 2 aromatic carbocycles. The monoisotopic (exact) mass is 365 g/mol. The maximum Gasteiger partial charge on any atom is 0.258 e. The molecule has 3 aromatic rings. The molecule has 7 heteroatoms. The van der Waals surface area contributed by atoms with E-state index in [4.69, 9.17) is 9.47 Å². The van der Waals surface area contributed by atoms with Crippen LogP contribution in [0, 0.1) is 0 Å². The first kappa shape index (κ1) is 17.1. The van der Waals surface area contributed by atoms with Crippen LogP contribution in [0.15, 0.2) is 47.3 Å². The Kier molecular flexibility index (Phi) is 4.50. The third-order valence-electron chi connectivity index (χ3n) is 4.54. The lowest BCUT2D eigenvalue weighted by molar-refractivity contribution is -0.130. The quantitative estimate of drug-likeness (QED) is 0.750. The highest BCUT2D eigenvalue weighted by atomic mass is 16.7. The van der Waals surface area contributed by atoms with E-state index in [2.05, 4.69) is 9.97 Å². The van der Waals surface area contributed by atoms with Crippen molar-refractivity contribution < 1.29 is 14.3 Å². The predicted molar refractivity (Wildman–Crippen MR) is 99.7 cm³/mol. The van der Waals surface area contributed by atoms with Crippen LogP contribution >= 0.6 is 0 Å². The van der Waals surface area contributed by atoms with E-state index < -0.39 is 0 Å². The molecule has 2 heterocycles. The summed E-state index contributed by atoms with van der Waals surface area (Å²) in [5.41, 5.74) is 1.44. The van der Waals surface area contributed by atoms with Crippen molar-refractivity contribution in [1.82, 2.24) is 14.9 Å². The SMILES string of the molecule is CN(Cc1nc2ccccc2c(=O)[nH]1)C(=O)CCc1ccc2c(c1)OCO2. The van der Waals surface area contributed by atoms with Gasteiger partial charge in [0, 0.05) is 13.5 Å². The number of rotatable bonds is 5. The molecule has 0 bridgehead atoms. The van der Waals surface area contributed by atoms with Gasteiger partial charge in [0.1, 0.15) is 5.82 Å². The van der Waals surface area contributed by atoms with Crippen molar-refractivity contribution in [3.8, 4) is 11.5 Å². The van der Waals surface area contributed by atoms with Gasteiger partial charge in [-0.1, -0.05) is 18.2 Å². The largest absolute Gasteiger partial charge is 0.454 e. The second-order valence-corrected chi connectivity index (χ2v) is 6.47. The van der Waals surface area contributed by atoms with Crippen LogP contribution < -0.4 is 15.0 Å². The Morgan fingerprint density at radius 1 is 1.19 bits per heavy atom. The Labute approximate surface area is 155 Å². The lowest BCUT2D eigenvalue weighted by Crippen LogP contribution is -2.28. The second-order valence-electron chi connectivity index (χ2n) is 6.47. The van der Waals surface area contributed by atoms with Crippen LogP contribution in [-0.2, 0) is 17.8 Å². The Bertz CT molecular complexity index is 1060. The zero-order valence-corrected chi connectivity index (χ0v) is 14.9. The molecule has 1 amide bonds. The van der Waals surface area contributed by atoms with Gasteiger partial charge in [0.05, 0.1) is 17.4 Å². The Morgan fingerprint density at radius 2 is 2.00 bits per heavy atom. The molecule has 1 aliphatic heterocycles. The van der Waals surface area contributed by atoms with Gasteiger partial charge < -0.3 is 19.4 Å². The van der Waals surface area contributed by atoms with E-state index in [1.165, 1.54) is 0 Å². The highest BCUT2D eigenvalue weighted by Crippen LogP contribution is 2.32. The van der Waals surface area contributed by atoms with Gasteiger partial charge in [-0.2, -0.15) is 0 Å². The Morgan fingerprint density at radius 3 is 2.89 bits per heavy atom. The number of ether oxygens (including phenoxy) is 2. The number of carbonyl (C=O) groups is 1. The van der Waals surface area contributed by atoms with Crippen molar-refractivity contribution in [3.63, 3.8) is 0 Å². The van der Waals surface area contributed by atoms with Crippen LogP contribution in [-0.4, -0.2) is 34.6 Å². The fraction of sp³-hybridized carbons (Fsp3) is 0.250. The minimum atomic E-state index is -0.197. The van der Waals surface area contributed by atoms with Crippen molar-refractivity contribution in [1.29, 1.82) is 0 Å². The van der Waals surface area contributed by atoms with E-state index in [0.29, 0.717) is 35.3 Å². The number of aromatic nitrogens is 2. The van der Waals surface area contributed by atoms with E-state index in [-0.39, 0.29) is 24.8 Å². The average Bonchev–Trinajstić information content (AvgIpc) is 3.14. The second kappa shape index (κ2) is 7.11. The van der Waals surface area contributed by atoms with Crippen molar-refractivity contribution in [2.24, 2.45) is 0 Å². The van der Waals surface area contributed by atoms with Gasteiger partial charge in [0.2, 0.25) is 12.7 Å². The molecule has 1 aliphatic rings. The molecule has 0 saturated heterocycles. The van der Waals surface area contributed by atoms with Crippen LogP contribution in [0.1, 0.15) is 17.8 Å². The minimum absolute atomic E-state index is 0.0246. The maximum atomic E-state index is 12.5. The molecule has 27 heavy (non-hydrogen) atoms. The van der Waals surface area contributed by atoms with Crippen LogP contribution in [0.3, 0.4) is 0 Å². The highest BCUT2D eigenvalue weighted by molar-refractivity contribution is 5.78. The number of carbonyl (C=O) groups excluding carboxylic acids is 1. The Hall–Kier alpha value is -3.35. The van der Waals surface area contributed by atoms with Crippen molar-refractivity contribution >= 4 is 16.8 Å². The molecule has 0 saturated carbocycles. The molecule has 1 aromatic heterocycles. The van der Waals surface area contributed by atoms with Crippen LogP contribution in [0.4, 0.5) is 0 Å². The van der Waals surface area contributed by atoms with E-state index in [1.807, 2.05) is 24.3 Å². The van der Waals surface area contributed by atoms with Crippen LogP contribution in [0.2, 0.25) is 0 Å². The number of para-hydroxylation sites is 1. The standard InChI is InChI=1S/C20H19N3O4/c1-23(11-18-21-15-5-3-2-4-14(15)20(25)22-18)19(24)9-7-13-6-8-16-17(10-13)27-12-26-16/h2-6,8,10H,7,9,11-12H2,1H3,(H,21,22,25). The lowest BCUT2D eigenvalue weighted by Gasteiger charge is -2.16. The van der Waals surface area contributed by atoms with E-state index >= 15 is 0 Å². The third-order valence-corrected chi connectivity index (χ3v) is 4.54. The molecule has 0 spiro atoms. The molecular formula is C20H19N3O4. The lowest BCUT2D eigenvalue weighted by atomic mass is 10.1. The summed E-state index contributed by atoms with van der Waals surface area (Å²) >= 11 is 0. The van der Waals surface area contributed by atoms with Crippen molar-refractivity contribution in [3.05, 3.63) is 64.2 Å². The summed E-state index contributed by atoms with van der Waals surface area (Å²) in [6, 6.07) is 12.8. The molecule has 4 rings (SSSR count). The van der Waals surface area contributed by atoms with Gasteiger partial charge in [-0.25, -0.2) is 4.98 Å². The molecule has 0 aliphatic carbocycles. The summed E-state index contributed by atoms with van der Waals surface area (Å²) in [6.45, 7) is 0.484. The number of hydrogen-bond donors (Lipinski definition) is 1. The van der Waals surface area contributed by atoms with Gasteiger partial charge in [0.15, 0.2) is 11.5 Å². The number of benzene rings is 2. The smallest absolute Gasteiger partial charge is 0.258 e. The summed E-state index contributed by atoms with van der Waals surface area (Å²) in [4.78, 5) is 33.3. The van der Waals surface area contributed by atoms with Gasteiger partial charge >= 0.3 is 0 Å².